The van der Waals surface area contributed by atoms with Crippen molar-refractivity contribution in [2.45, 2.75) is 19.4 Å². The molecule has 2 aromatic carbocycles. The second kappa shape index (κ2) is 8.01. The predicted octanol–water partition coefficient (Wildman–Crippen LogP) is 2.20. The Morgan fingerprint density at radius 3 is 2.69 bits per heavy atom. The molecule has 0 saturated carbocycles. The van der Waals surface area contributed by atoms with E-state index in [0.29, 0.717) is 31.9 Å². The lowest BCUT2D eigenvalue weighted by Gasteiger charge is -2.34. The summed E-state index contributed by atoms with van der Waals surface area (Å²) in [6.45, 7) is 1.20. The van der Waals surface area contributed by atoms with Crippen LogP contribution in [0.15, 0.2) is 48.5 Å². The van der Waals surface area contributed by atoms with Crippen LogP contribution in [0.3, 0.4) is 0 Å². The minimum atomic E-state index is -0.964. The molecule has 0 bridgehead atoms. The highest BCUT2D eigenvalue weighted by molar-refractivity contribution is 5.99. The average molecular weight is 354 g/mol. The largest absolute Gasteiger partial charge is 0.492 e. The highest BCUT2D eigenvalue weighted by atomic mass is 16.5. The Hall–Kier alpha value is -2.86. The predicted molar refractivity (Wildman–Crippen MR) is 98.1 cm³/mol. The van der Waals surface area contributed by atoms with E-state index in [4.69, 9.17) is 15.6 Å². The monoisotopic (exact) mass is 354 g/mol. The molecule has 6 heteroatoms. The molecule has 0 fully saturated rings. The SMILES string of the molecule is NCCOc1ccc2c(c1)N(Cc1ccccc1)C(=O)C(CC(=O)O)C2. The number of carboxylic acids is 1. The van der Waals surface area contributed by atoms with Crippen molar-refractivity contribution in [1.29, 1.82) is 0 Å². The number of aliphatic carboxylic acids is 1. The Labute approximate surface area is 152 Å². The Bertz CT molecular complexity index is 792. The van der Waals surface area contributed by atoms with Crippen LogP contribution in [0.1, 0.15) is 17.5 Å². The summed E-state index contributed by atoms with van der Waals surface area (Å²) in [5.41, 5.74) is 8.19. The van der Waals surface area contributed by atoms with Crippen molar-refractivity contribution < 1.29 is 19.4 Å². The molecule has 1 aliphatic heterocycles. The maximum absolute atomic E-state index is 13.0. The number of benzene rings is 2. The average Bonchev–Trinajstić information content (AvgIpc) is 2.64. The van der Waals surface area contributed by atoms with Crippen LogP contribution < -0.4 is 15.4 Å². The van der Waals surface area contributed by atoms with Gasteiger partial charge in [0.15, 0.2) is 0 Å². The molecule has 0 spiro atoms. The Morgan fingerprint density at radius 2 is 2.00 bits per heavy atom. The zero-order valence-electron chi connectivity index (χ0n) is 14.4. The van der Waals surface area contributed by atoms with Gasteiger partial charge in [-0.3, -0.25) is 9.59 Å². The normalized spacial score (nSPS) is 16.3. The van der Waals surface area contributed by atoms with Gasteiger partial charge < -0.3 is 20.5 Å². The molecule has 0 saturated heterocycles. The van der Waals surface area contributed by atoms with Crippen molar-refractivity contribution in [2.75, 3.05) is 18.1 Å². The van der Waals surface area contributed by atoms with Gasteiger partial charge in [-0.15, -0.1) is 0 Å². The summed E-state index contributed by atoms with van der Waals surface area (Å²) >= 11 is 0. The van der Waals surface area contributed by atoms with Crippen LogP contribution in [0.25, 0.3) is 0 Å². The summed E-state index contributed by atoms with van der Waals surface area (Å²) in [5, 5.41) is 9.15. The molecule has 136 valence electrons. The summed E-state index contributed by atoms with van der Waals surface area (Å²) < 4.78 is 5.59. The first-order valence-corrected chi connectivity index (χ1v) is 8.61. The van der Waals surface area contributed by atoms with Gasteiger partial charge in [0.25, 0.3) is 0 Å². The fourth-order valence-corrected chi connectivity index (χ4v) is 3.23. The number of hydrogen-bond donors (Lipinski definition) is 2. The zero-order chi connectivity index (χ0) is 18.5. The molecule has 0 radical (unpaired) electrons. The molecule has 1 heterocycles. The van der Waals surface area contributed by atoms with Gasteiger partial charge in [-0.25, -0.2) is 0 Å². The van der Waals surface area contributed by atoms with Crippen molar-refractivity contribution in [3.8, 4) is 5.75 Å². The number of nitrogens with zero attached hydrogens (tertiary/aromatic N) is 1. The van der Waals surface area contributed by atoms with Crippen molar-refractivity contribution in [3.63, 3.8) is 0 Å². The molecule has 2 aromatic rings. The van der Waals surface area contributed by atoms with Gasteiger partial charge in [0.2, 0.25) is 5.91 Å². The molecule has 3 rings (SSSR count). The minimum Gasteiger partial charge on any atom is -0.492 e. The number of hydrogen-bond acceptors (Lipinski definition) is 4. The Kier molecular flexibility index (Phi) is 5.53. The standard InChI is InChI=1S/C20H22N2O4/c21-8-9-26-17-7-6-15-10-16(11-19(23)24)20(25)22(18(15)12-17)13-14-4-2-1-3-5-14/h1-7,12,16H,8-11,13,21H2,(H,23,24). The number of ether oxygens (including phenoxy) is 1. The van der Waals surface area contributed by atoms with Gasteiger partial charge >= 0.3 is 5.97 Å². The molecule has 1 atom stereocenters. The van der Waals surface area contributed by atoms with Gasteiger partial charge in [0.1, 0.15) is 12.4 Å². The lowest BCUT2D eigenvalue weighted by Crippen LogP contribution is -2.41. The van der Waals surface area contributed by atoms with Crippen molar-refractivity contribution >= 4 is 17.6 Å². The number of nitrogens with two attached hydrogens (primary N) is 1. The number of carbonyl (C=O) groups is 2. The van der Waals surface area contributed by atoms with E-state index < -0.39 is 11.9 Å². The second-order valence-corrected chi connectivity index (χ2v) is 6.34. The molecule has 1 aliphatic rings. The van der Waals surface area contributed by atoms with Crippen LogP contribution in [0.4, 0.5) is 5.69 Å². The van der Waals surface area contributed by atoms with E-state index in [0.717, 1.165) is 16.8 Å². The summed E-state index contributed by atoms with van der Waals surface area (Å²) in [4.78, 5) is 25.8. The van der Waals surface area contributed by atoms with Crippen LogP contribution in [0.2, 0.25) is 0 Å². The summed E-state index contributed by atoms with van der Waals surface area (Å²) in [6.07, 6.45) is 0.248. The highest BCUT2D eigenvalue weighted by Crippen LogP contribution is 2.35. The molecule has 1 amide bonds. The van der Waals surface area contributed by atoms with E-state index in [2.05, 4.69) is 0 Å². The van der Waals surface area contributed by atoms with Crippen molar-refractivity contribution in [2.24, 2.45) is 11.7 Å². The van der Waals surface area contributed by atoms with Crippen LogP contribution in [-0.2, 0) is 22.6 Å². The van der Waals surface area contributed by atoms with Gasteiger partial charge in [0, 0.05) is 12.6 Å². The van der Waals surface area contributed by atoms with Crippen molar-refractivity contribution in [1.82, 2.24) is 0 Å². The van der Waals surface area contributed by atoms with Crippen LogP contribution in [0.5, 0.6) is 5.75 Å². The summed E-state index contributed by atoms with van der Waals surface area (Å²) in [6, 6.07) is 15.2. The number of anilines is 1. The third kappa shape index (κ3) is 4.03. The molecular weight excluding hydrogens is 332 g/mol. The molecule has 3 N–H and O–H groups in total. The summed E-state index contributed by atoms with van der Waals surface area (Å²) in [5.74, 6) is -1.04. The maximum atomic E-state index is 13.0. The number of amides is 1. The molecule has 0 aliphatic carbocycles. The van der Waals surface area contributed by atoms with E-state index in [1.54, 1.807) is 4.90 Å². The zero-order valence-corrected chi connectivity index (χ0v) is 14.4. The number of rotatable bonds is 7. The summed E-state index contributed by atoms with van der Waals surface area (Å²) in [7, 11) is 0. The Morgan fingerprint density at radius 1 is 1.23 bits per heavy atom. The van der Waals surface area contributed by atoms with E-state index >= 15 is 0 Å². The van der Waals surface area contributed by atoms with Gasteiger partial charge in [-0.1, -0.05) is 36.4 Å². The lowest BCUT2D eigenvalue weighted by molar-refractivity contribution is -0.140. The van der Waals surface area contributed by atoms with Crippen LogP contribution >= 0.6 is 0 Å². The van der Waals surface area contributed by atoms with E-state index in [1.807, 2.05) is 48.5 Å². The van der Waals surface area contributed by atoms with Crippen LogP contribution in [-0.4, -0.2) is 30.1 Å². The minimum absolute atomic E-state index is 0.167. The van der Waals surface area contributed by atoms with Gasteiger partial charge in [-0.05, 0) is 23.6 Å². The first-order valence-electron chi connectivity index (χ1n) is 8.61. The molecule has 1 unspecified atom stereocenters. The lowest BCUT2D eigenvalue weighted by atomic mass is 9.89. The smallest absolute Gasteiger partial charge is 0.304 e. The van der Waals surface area contributed by atoms with Gasteiger partial charge in [-0.2, -0.15) is 0 Å². The quantitative estimate of drug-likeness (QED) is 0.795. The van der Waals surface area contributed by atoms with Crippen molar-refractivity contribution in [3.05, 3.63) is 59.7 Å². The van der Waals surface area contributed by atoms with E-state index in [1.165, 1.54) is 0 Å². The number of carbonyl (C=O) groups excluding carboxylic acids is 1. The molecular formula is C20H22N2O4. The number of carboxylic acid groups (broad SMARTS) is 1. The molecule has 26 heavy (non-hydrogen) atoms. The second-order valence-electron chi connectivity index (χ2n) is 6.34. The first kappa shape index (κ1) is 17.9. The molecule has 0 aromatic heterocycles. The fourth-order valence-electron chi connectivity index (χ4n) is 3.23. The number of fused-ring (bicyclic) bond motifs is 1. The third-order valence-electron chi connectivity index (χ3n) is 4.42. The topological polar surface area (TPSA) is 92.9 Å². The first-order chi connectivity index (χ1) is 12.6. The molecule has 6 nitrogen and oxygen atoms in total. The highest BCUT2D eigenvalue weighted by Gasteiger charge is 2.34. The fraction of sp³-hybridized carbons (Fsp3) is 0.300. The third-order valence-corrected chi connectivity index (χ3v) is 4.42. The Balaban J connectivity index is 1.95. The van der Waals surface area contributed by atoms with Crippen LogP contribution in [0, 0.1) is 5.92 Å². The van der Waals surface area contributed by atoms with E-state index in [9.17, 15) is 9.59 Å². The van der Waals surface area contributed by atoms with E-state index in [-0.39, 0.29) is 12.3 Å². The van der Waals surface area contributed by atoms with Gasteiger partial charge in [0.05, 0.1) is 24.6 Å². The maximum Gasteiger partial charge on any atom is 0.304 e.